The number of amides is 1. The number of pyridine rings is 1. The van der Waals surface area contributed by atoms with Gasteiger partial charge in [0.05, 0.1) is 11.2 Å². The maximum atomic E-state index is 12.1. The van der Waals surface area contributed by atoms with E-state index in [0.29, 0.717) is 5.56 Å². The maximum absolute atomic E-state index is 12.1. The number of nitrogens with one attached hydrogen (secondary N) is 2. The minimum Gasteiger partial charge on any atom is -0.298 e. The van der Waals surface area contributed by atoms with Crippen molar-refractivity contribution in [2.75, 3.05) is 5.43 Å². The van der Waals surface area contributed by atoms with Crippen LogP contribution in [0.4, 0.5) is 5.69 Å². The first-order valence-corrected chi connectivity index (χ1v) is 6.71. The zero-order valence-corrected chi connectivity index (χ0v) is 11.6. The average Bonchev–Trinajstić information content (AvgIpc) is 2.53. The van der Waals surface area contributed by atoms with E-state index >= 15 is 0 Å². The fourth-order valence-electron chi connectivity index (χ4n) is 2.09. The van der Waals surface area contributed by atoms with Crippen LogP contribution in [0.15, 0.2) is 60.7 Å². The van der Waals surface area contributed by atoms with Crippen molar-refractivity contribution in [3.63, 3.8) is 0 Å². The number of carbonyl (C=O) groups excluding carboxylic acids is 1. The molecule has 3 aromatic rings. The van der Waals surface area contributed by atoms with E-state index in [2.05, 4.69) is 15.8 Å². The molecule has 0 aliphatic rings. The monoisotopic (exact) mass is 277 g/mol. The highest BCUT2D eigenvalue weighted by molar-refractivity contribution is 5.98. The summed E-state index contributed by atoms with van der Waals surface area (Å²) in [6.45, 7) is 1.95. The molecule has 4 heteroatoms. The lowest BCUT2D eigenvalue weighted by Crippen LogP contribution is -2.29. The zero-order valence-electron chi connectivity index (χ0n) is 11.6. The molecule has 0 atom stereocenters. The Labute approximate surface area is 122 Å². The fourth-order valence-corrected chi connectivity index (χ4v) is 2.09. The molecule has 1 amide bonds. The third-order valence-corrected chi connectivity index (χ3v) is 3.18. The van der Waals surface area contributed by atoms with Crippen LogP contribution in [0.2, 0.25) is 0 Å². The lowest BCUT2D eigenvalue weighted by atomic mass is 10.1. The second-order valence-electron chi connectivity index (χ2n) is 4.81. The average molecular weight is 277 g/mol. The minimum absolute atomic E-state index is 0.179. The van der Waals surface area contributed by atoms with Crippen molar-refractivity contribution in [2.24, 2.45) is 0 Å². The molecule has 0 fully saturated rings. The molecule has 1 aromatic heterocycles. The number of hydrogen-bond acceptors (Lipinski definition) is 3. The van der Waals surface area contributed by atoms with E-state index in [-0.39, 0.29) is 5.91 Å². The smallest absolute Gasteiger partial charge is 0.269 e. The van der Waals surface area contributed by atoms with E-state index in [4.69, 9.17) is 0 Å². The first kappa shape index (κ1) is 13.1. The Kier molecular flexibility index (Phi) is 3.51. The highest BCUT2D eigenvalue weighted by Crippen LogP contribution is 2.15. The van der Waals surface area contributed by atoms with Crippen molar-refractivity contribution >= 4 is 22.5 Å². The summed E-state index contributed by atoms with van der Waals surface area (Å²) >= 11 is 0. The van der Waals surface area contributed by atoms with Gasteiger partial charge in [0.25, 0.3) is 5.91 Å². The van der Waals surface area contributed by atoms with E-state index in [0.717, 1.165) is 22.3 Å². The summed E-state index contributed by atoms with van der Waals surface area (Å²) in [5.74, 6) is -0.179. The Balaban J connectivity index is 1.77. The van der Waals surface area contributed by atoms with Crippen LogP contribution in [0.1, 0.15) is 16.1 Å². The fraction of sp³-hybridized carbons (Fsp3) is 0.0588. The second kappa shape index (κ2) is 5.63. The molecule has 1 heterocycles. The summed E-state index contributed by atoms with van der Waals surface area (Å²) in [4.78, 5) is 16.6. The normalized spacial score (nSPS) is 10.3. The molecule has 0 saturated carbocycles. The second-order valence-corrected chi connectivity index (χ2v) is 4.81. The molecule has 21 heavy (non-hydrogen) atoms. The molecule has 0 aliphatic carbocycles. The molecule has 2 aromatic carbocycles. The van der Waals surface area contributed by atoms with Crippen LogP contribution >= 0.6 is 0 Å². The maximum Gasteiger partial charge on any atom is 0.269 e. The number of hydrogen-bond donors (Lipinski definition) is 2. The van der Waals surface area contributed by atoms with E-state index in [9.17, 15) is 4.79 Å². The van der Waals surface area contributed by atoms with Crippen LogP contribution < -0.4 is 10.9 Å². The van der Waals surface area contributed by atoms with Gasteiger partial charge in [0.1, 0.15) is 0 Å². The van der Waals surface area contributed by atoms with Gasteiger partial charge in [-0.2, -0.15) is 0 Å². The lowest BCUT2D eigenvalue weighted by Gasteiger charge is -2.09. The predicted molar refractivity (Wildman–Crippen MR) is 84.0 cm³/mol. The van der Waals surface area contributed by atoms with Gasteiger partial charge in [-0.05, 0) is 43.3 Å². The first-order valence-electron chi connectivity index (χ1n) is 6.71. The summed E-state index contributed by atoms with van der Waals surface area (Å²) in [6.07, 6.45) is 0. The Hall–Kier alpha value is -2.88. The number of nitrogens with zero attached hydrogens (tertiary/aromatic N) is 1. The molecule has 4 nitrogen and oxygen atoms in total. The van der Waals surface area contributed by atoms with Crippen molar-refractivity contribution in [3.05, 3.63) is 71.9 Å². The van der Waals surface area contributed by atoms with E-state index in [1.165, 1.54) is 0 Å². The molecular weight excluding hydrogens is 262 g/mol. The standard InChI is InChI=1S/C17H15N3O/c1-12-7-8-13-11-14(9-10-16(13)18-12)17(21)20-19-15-5-3-2-4-6-15/h2-11,19H,1H3,(H,20,21). The molecule has 0 radical (unpaired) electrons. The number of aryl methyl sites for hydroxylation is 1. The number of anilines is 1. The number of carbonyl (C=O) groups is 1. The van der Waals surface area contributed by atoms with E-state index < -0.39 is 0 Å². The van der Waals surface area contributed by atoms with Gasteiger partial charge in [0, 0.05) is 16.6 Å². The van der Waals surface area contributed by atoms with E-state index in [1.807, 2.05) is 61.5 Å². The van der Waals surface area contributed by atoms with Crippen molar-refractivity contribution in [1.29, 1.82) is 0 Å². The van der Waals surface area contributed by atoms with Gasteiger partial charge in [-0.1, -0.05) is 24.3 Å². The Bertz CT molecular complexity index is 784. The van der Waals surface area contributed by atoms with Crippen molar-refractivity contribution in [3.8, 4) is 0 Å². The third kappa shape index (κ3) is 3.00. The van der Waals surface area contributed by atoms with Gasteiger partial charge in [-0.15, -0.1) is 0 Å². The summed E-state index contributed by atoms with van der Waals surface area (Å²) in [5, 5.41) is 0.952. The summed E-state index contributed by atoms with van der Waals surface area (Å²) in [6, 6.07) is 18.9. The molecule has 104 valence electrons. The SMILES string of the molecule is Cc1ccc2cc(C(=O)NNc3ccccc3)ccc2n1. The lowest BCUT2D eigenvalue weighted by molar-refractivity contribution is 0.0963. The van der Waals surface area contributed by atoms with Crippen LogP contribution in [-0.2, 0) is 0 Å². The highest BCUT2D eigenvalue weighted by Gasteiger charge is 2.06. The third-order valence-electron chi connectivity index (χ3n) is 3.18. The molecule has 0 spiro atoms. The van der Waals surface area contributed by atoms with Gasteiger partial charge in [-0.3, -0.25) is 20.6 Å². The highest BCUT2D eigenvalue weighted by atomic mass is 16.2. The van der Waals surface area contributed by atoms with Gasteiger partial charge in [0.15, 0.2) is 0 Å². The topological polar surface area (TPSA) is 54.0 Å². The number of fused-ring (bicyclic) bond motifs is 1. The molecule has 3 rings (SSSR count). The van der Waals surface area contributed by atoms with Crippen molar-refractivity contribution in [2.45, 2.75) is 6.92 Å². The molecule has 0 bridgehead atoms. The zero-order chi connectivity index (χ0) is 14.7. The van der Waals surface area contributed by atoms with Crippen LogP contribution in [0.25, 0.3) is 10.9 Å². The molecular formula is C17H15N3O. The number of hydrazine groups is 1. The summed E-state index contributed by atoms with van der Waals surface area (Å²) in [5.41, 5.74) is 8.85. The summed E-state index contributed by atoms with van der Waals surface area (Å²) < 4.78 is 0. The number of rotatable bonds is 3. The predicted octanol–water partition coefficient (Wildman–Crippen LogP) is 3.30. The minimum atomic E-state index is -0.179. The Morgan fingerprint density at radius 3 is 2.62 bits per heavy atom. The molecule has 0 unspecified atom stereocenters. The van der Waals surface area contributed by atoms with Crippen LogP contribution in [0.3, 0.4) is 0 Å². The van der Waals surface area contributed by atoms with Crippen LogP contribution in [-0.4, -0.2) is 10.9 Å². The number of aromatic nitrogens is 1. The van der Waals surface area contributed by atoms with Gasteiger partial charge in [-0.25, -0.2) is 0 Å². The quantitative estimate of drug-likeness (QED) is 0.722. The molecule has 2 N–H and O–H groups in total. The largest absolute Gasteiger partial charge is 0.298 e. The molecule has 0 aliphatic heterocycles. The number of benzene rings is 2. The molecule has 0 saturated heterocycles. The van der Waals surface area contributed by atoms with Crippen LogP contribution in [0, 0.1) is 6.92 Å². The Morgan fingerprint density at radius 2 is 1.81 bits per heavy atom. The van der Waals surface area contributed by atoms with Crippen LogP contribution in [0.5, 0.6) is 0 Å². The Morgan fingerprint density at radius 1 is 1.00 bits per heavy atom. The summed E-state index contributed by atoms with van der Waals surface area (Å²) in [7, 11) is 0. The van der Waals surface area contributed by atoms with E-state index in [1.54, 1.807) is 6.07 Å². The van der Waals surface area contributed by atoms with Gasteiger partial charge in [0.2, 0.25) is 0 Å². The number of para-hydroxylation sites is 1. The van der Waals surface area contributed by atoms with Gasteiger partial charge < -0.3 is 0 Å². The van der Waals surface area contributed by atoms with Crippen molar-refractivity contribution < 1.29 is 4.79 Å². The first-order chi connectivity index (χ1) is 10.2. The van der Waals surface area contributed by atoms with Gasteiger partial charge >= 0.3 is 0 Å². The van der Waals surface area contributed by atoms with Crippen molar-refractivity contribution in [1.82, 2.24) is 10.4 Å².